The lowest BCUT2D eigenvalue weighted by atomic mass is 9.99. The maximum absolute atomic E-state index is 11.7. The van der Waals surface area contributed by atoms with Crippen LogP contribution in [-0.4, -0.2) is 30.5 Å². The van der Waals surface area contributed by atoms with Gasteiger partial charge in [0, 0.05) is 30.5 Å². The summed E-state index contributed by atoms with van der Waals surface area (Å²) in [5.41, 5.74) is 0. The second-order valence-corrected chi connectivity index (χ2v) is 5.31. The molecule has 0 bridgehead atoms. The Labute approximate surface area is 100 Å². The smallest absolute Gasteiger partial charge is 0.223 e. The average molecular weight is 278 g/mol. The fourth-order valence-electron chi connectivity index (χ4n) is 1.73. The van der Waals surface area contributed by atoms with Crippen molar-refractivity contribution in [2.24, 2.45) is 5.92 Å². The highest BCUT2D eigenvalue weighted by molar-refractivity contribution is 9.09. The van der Waals surface area contributed by atoms with E-state index in [2.05, 4.69) is 28.2 Å². The second kappa shape index (κ2) is 7.23. The normalized spacial score (nSPS) is 19.9. The molecule has 1 saturated heterocycles. The predicted octanol–water partition coefficient (Wildman–Crippen LogP) is 2.09. The number of hydrogen-bond donors (Lipinski definition) is 1. The summed E-state index contributed by atoms with van der Waals surface area (Å²) in [6.07, 6.45) is 3.98. The lowest BCUT2D eigenvalue weighted by Gasteiger charge is -2.21. The van der Waals surface area contributed by atoms with Crippen molar-refractivity contribution in [3.8, 4) is 0 Å². The molecule has 1 aliphatic rings. The van der Waals surface area contributed by atoms with Gasteiger partial charge in [-0.3, -0.25) is 4.79 Å². The van der Waals surface area contributed by atoms with Crippen LogP contribution >= 0.6 is 15.9 Å². The third-order valence-electron chi connectivity index (χ3n) is 2.69. The summed E-state index contributed by atoms with van der Waals surface area (Å²) in [6, 6.07) is 0. The van der Waals surface area contributed by atoms with E-state index in [-0.39, 0.29) is 11.8 Å². The van der Waals surface area contributed by atoms with Crippen molar-refractivity contribution in [1.29, 1.82) is 0 Å². The fourth-order valence-corrected chi connectivity index (χ4v) is 2.35. The average Bonchev–Trinajstić information content (AvgIpc) is 2.27. The lowest BCUT2D eigenvalue weighted by molar-refractivity contribution is -0.127. The Kier molecular flexibility index (Phi) is 6.25. The molecule has 1 unspecified atom stereocenters. The Hall–Kier alpha value is -0.0900. The summed E-state index contributed by atoms with van der Waals surface area (Å²) in [7, 11) is 0. The molecule has 15 heavy (non-hydrogen) atoms. The lowest BCUT2D eigenvalue weighted by Crippen LogP contribution is -2.37. The first-order valence-corrected chi connectivity index (χ1v) is 6.65. The zero-order chi connectivity index (χ0) is 11.1. The number of amides is 1. The Morgan fingerprint density at radius 3 is 2.80 bits per heavy atom. The van der Waals surface area contributed by atoms with E-state index in [0.717, 1.165) is 45.4 Å². The minimum Gasteiger partial charge on any atom is -0.381 e. The number of hydrogen-bond acceptors (Lipinski definition) is 2. The molecule has 0 aromatic rings. The zero-order valence-corrected chi connectivity index (χ0v) is 10.9. The summed E-state index contributed by atoms with van der Waals surface area (Å²) in [5, 5.41) is 3.00. The molecule has 1 N–H and O–H groups in total. The number of carbonyl (C=O) groups is 1. The van der Waals surface area contributed by atoms with Gasteiger partial charge in [-0.05, 0) is 19.3 Å². The molecule has 1 heterocycles. The van der Waals surface area contributed by atoms with Crippen LogP contribution in [0, 0.1) is 5.92 Å². The first kappa shape index (κ1) is 13.0. The van der Waals surface area contributed by atoms with Crippen molar-refractivity contribution in [2.45, 2.75) is 37.4 Å². The molecular formula is C11H20BrNO2. The molecule has 1 rings (SSSR count). The van der Waals surface area contributed by atoms with Crippen molar-refractivity contribution in [3.05, 3.63) is 0 Å². The molecule has 0 aliphatic carbocycles. The molecule has 0 spiro atoms. The SMILES string of the molecule is CCCC(Br)CNC(=O)C1CCOCC1. The van der Waals surface area contributed by atoms with E-state index in [4.69, 9.17) is 4.74 Å². The molecular weight excluding hydrogens is 258 g/mol. The van der Waals surface area contributed by atoms with Gasteiger partial charge in [0.15, 0.2) is 0 Å². The molecule has 3 nitrogen and oxygen atoms in total. The van der Waals surface area contributed by atoms with E-state index in [0.29, 0.717) is 4.83 Å². The molecule has 0 radical (unpaired) electrons. The number of nitrogens with one attached hydrogen (secondary N) is 1. The van der Waals surface area contributed by atoms with Crippen molar-refractivity contribution < 1.29 is 9.53 Å². The highest BCUT2D eigenvalue weighted by atomic mass is 79.9. The second-order valence-electron chi connectivity index (χ2n) is 4.02. The topological polar surface area (TPSA) is 38.3 Å². The predicted molar refractivity (Wildman–Crippen MR) is 64.2 cm³/mol. The van der Waals surface area contributed by atoms with Gasteiger partial charge in [-0.2, -0.15) is 0 Å². The van der Waals surface area contributed by atoms with Crippen molar-refractivity contribution in [3.63, 3.8) is 0 Å². The summed E-state index contributed by atoms with van der Waals surface area (Å²) >= 11 is 3.55. The largest absolute Gasteiger partial charge is 0.381 e. The van der Waals surface area contributed by atoms with Crippen molar-refractivity contribution in [1.82, 2.24) is 5.32 Å². The number of ether oxygens (including phenoxy) is 1. The molecule has 0 aromatic heterocycles. The van der Waals surface area contributed by atoms with Gasteiger partial charge in [0.05, 0.1) is 0 Å². The summed E-state index contributed by atoms with van der Waals surface area (Å²) in [4.78, 5) is 12.1. The first-order valence-electron chi connectivity index (χ1n) is 5.73. The Morgan fingerprint density at radius 2 is 2.20 bits per heavy atom. The van der Waals surface area contributed by atoms with Gasteiger partial charge in [0.2, 0.25) is 5.91 Å². The molecule has 1 atom stereocenters. The third kappa shape index (κ3) is 4.98. The van der Waals surface area contributed by atoms with Crippen LogP contribution in [-0.2, 0) is 9.53 Å². The quantitative estimate of drug-likeness (QED) is 0.782. The fraction of sp³-hybridized carbons (Fsp3) is 0.909. The summed E-state index contributed by atoms with van der Waals surface area (Å²) < 4.78 is 5.22. The first-order chi connectivity index (χ1) is 7.24. The Balaban J connectivity index is 2.16. The van der Waals surface area contributed by atoms with Crippen LogP contribution in [0.1, 0.15) is 32.6 Å². The highest BCUT2D eigenvalue weighted by Crippen LogP contribution is 2.15. The van der Waals surface area contributed by atoms with E-state index in [1.165, 1.54) is 0 Å². The van der Waals surface area contributed by atoms with E-state index < -0.39 is 0 Å². The van der Waals surface area contributed by atoms with Gasteiger partial charge in [-0.15, -0.1) is 0 Å². The van der Waals surface area contributed by atoms with E-state index in [1.54, 1.807) is 0 Å². The molecule has 1 amide bonds. The molecule has 1 fully saturated rings. The van der Waals surface area contributed by atoms with Crippen LogP contribution in [0.15, 0.2) is 0 Å². The van der Waals surface area contributed by atoms with Gasteiger partial charge in [-0.25, -0.2) is 0 Å². The maximum atomic E-state index is 11.7. The number of alkyl halides is 1. The Morgan fingerprint density at radius 1 is 1.53 bits per heavy atom. The minimum absolute atomic E-state index is 0.167. The van der Waals surface area contributed by atoms with Gasteiger partial charge in [0.1, 0.15) is 0 Å². The van der Waals surface area contributed by atoms with Gasteiger partial charge in [0.25, 0.3) is 0 Å². The Bertz CT molecular complexity index is 193. The zero-order valence-electron chi connectivity index (χ0n) is 9.30. The summed E-state index contributed by atoms with van der Waals surface area (Å²) in [5.74, 6) is 0.360. The van der Waals surface area contributed by atoms with E-state index in [1.807, 2.05) is 0 Å². The third-order valence-corrected chi connectivity index (χ3v) is 3.47. The maximum Gasteiger partial charge on any atom is 0.223 e. The van der Waals surface area contributed by atoms with Crippen LogP contribution in [0.5, 0.6) is 0 Å². The molecule has 88 valence electrons. The van der Waals surface area contributed by atoms with Crippen LogP contribution in [0.3, 0.4) is 0 Å². The number of halogens is 1. The van der Waals surface area contributed by atoms with Crippen LogP contribution in [0.4, 0.5) is 0 Å². The van der Waals surface area contributed by atoms with E-state index >= 15 is 0 Å². The van der Waals surface area contributed by atoms with Crippen LogP contribution in [0.25, 0.3) is 0 Å². The molecule has 1 aliphatic heterocycles. The molecule has 4 heteroatoms. The highest BCUT2D eigenvalue weighted by Gasteiger charge is 2.21. The van der Waals surface area contributed by atoms with Crippen LogP contribution < -0.4 is 5.32 Å². The van der Waals surface area contributed by atoms with E-state index in [9.17, 15) is 4.79 Å². The van der Waals surface area contributed by atoms with Gasteiger partial charge >= 0.3 is 0 Å². The monoisotopic (exact) mass is 277 g/mol. The van der Waals surface area contributed by atoms with Crippen molar-refractivity contribution in [2.75, 3.05) is 19.8 Å². The standard InChI is InChI=1S/C11H20BrNO2/c1-2-3-10(12)8-13-11(14)9-4-6-15-7-5-9/h9-10H,2-8H2,1H3,(H,13,14). The minimum atomic E-state index is 0.167. The van der Waals surface area contributed by atoms with Gasteiger partial charge in [-0.1, -0.05) is 29.3 Å². The number of rotatable bonds is 5. The summed E-state index contributed by atoms with van der Waals surface area (Å²) in [6.45, 7) is 4.34. The van der Waals surface area contributed by atoms with Gasteiger partial charge < -0.3 is 10.1 Å². The van der Waals surface area contributed by atoms with Crippen LogP contribution in [0.2, 0.25) is 0 Å². The molecule has 0 saturated carbocycles. The van der Waals surface area contributed by atoms with Crippen molar-refractivity contribution >= 4 is 21.8 Å². The number of carbonyl (C=O) groups excluding carboxylic acids is 1. The molecule has 0 aromatic carbocycles.